The first-order chi connectivity index (χ1) is 9.91. The topological polar surface area (TPSA) is 75.3 Å². The van der Waals surface area contributed by atoms with E-state index in [-0.39, 0.29) is 29.9 Å². The molecule has 0 spiro atoms. The molecule has 0 aliphatic carbocycles. The van der Waals surface area contributed by atoms with E-state index < -0.39 is 20.5 Å². The van der Waals surface area contributed by atoms with Crippen molar-refractivity contribution in [3.05, 3.63) is 29.8 Å². The van der Waals surface area contributed by atoms with Gasteiger partial charge < -0.3 is 10.6 Å². The Bertz CT molecular complexity index is 602. The Morgan fingerprint density at radius 2 is 1.95 bits per heavy atom. The minimum atomic E-state index is -4.62. The normalized spacial score (nSPS) is 18.0. The van der Waals surface area contributed by atoms with Gasteiger partial charge >= 0.3 is 5.76 Å². The second kappa shape index (κ2) is 7.85. The van der Waals surface area contributed by atoms with Gasteiger partial charge in [-0.3, -0.25) is 4.79 Å². The number of carbonyl (C=O) groups is 1. The van der Waals surface area contributed by atoms with Gasteiger partial charge in [0.15, 0.2) is 0 Å². The molecule has 0 radical (unpaired) electrons. The smallest absolute Gasteiger partial charge is 0.341 e. The Hall–Kier alpha value is -1.25. The number of benzene rings is 1. The number of alkyl halides is 2. The number of carbonyl (C=O) groups excluding carboxylic acids is 1. The first kappa shape index (κ1) is 18.8. The highest BCUT2D eigenvalue weighted by molar-refractivity contribution is 7.91. The molecule has 22 heavy (non-hydrogen) atoms. The number of nitrogens with one attached hydrogen (secondary N) is 2. The molecule has 1 atom stereocenters. The van der Waals surface area contributed by atoms with Crippen LogP contribution in [0, 0.1) is 0 Å². The molecule has 1 aromatic carbocycles. The van der Waals surface area contributed by atoms with Gasteiger partial charge in [0.2, 0.25) is 9.84 Å². The van der Waals surface area contributed by atoms with Crippen LogP contribution in [0.25, 0.3) is 0 Å². The molecule has 1 heterocycles. The Morgan fingerprint density at radius 3 is 2.45 bits per heavy atom. The van der Waals surface area contributed by atoms with Gasteiger partial charge in [-0.15, -0.1) is 12.4 Å². The Kier molecular flexibility index (Phi) is 6.70. The van der Waals surface area contributed by atoms with Crippen molar-refractivity contribution in [1.82, 2.24) is 10.6 Å². The predicted molar refractivity (Wildman–Crippen MR) is 80.2 cm³/mol. The molecule has 0 aromatic heterocycles. The number of amides is 1. The van der Waals surface area contributed by atoms with Crippen LogP contribution in [-0.4, -0.2) is 39.2 Å². The van der Waals surface area contributed by atoms with Crippen molar-refractivity contribution in [2.45, 2.75) is 29.5 Å². The summed E-state index contributed by atoms with van der Waals surface area (Å²) in [4.78, 5) is 11.4. The van der Waals surface area contributed by atoms with Crippen molar-refractivity contribution in [2.24, 2.45) is 0 Å². The third-order valence-corrected chi connectivity index (χ3v) is 4.75. The second-order valence-corrected chi connectivity index (χ2v) is 6.75. The standard InChI is InChI=1S/C13H16F2N2O3S.ClH/c14-13(15)21(19,20)11-5-3-9(4-6-11)12(18)17-8-10-2-1-7-16-10;/h3-6,10,13,16H,1-2,7-8H2,(H,17,18);1H. The van der Waals surface area contributed by atoms with Crippen molar-refractivity contribution >= 4 is 28.2 Å². The predicted octanol–water partition coefficient (Wildman–Crippen LogP) is 1.59. The van der Waals surface area contributed by atoms with Crippen LogP contribution in [-0.2, 0) is 9.84 Å². The van der Waals surface area contributed by atoms with Gasteiger partial charge in [-0.05, 0) is 43.7 Å². The fourth-order valence-corrected chi connectivity index (χ4v) is 2.87. The van der Waals surface area contributed by atoms with E-state index in [1.807, 2.05) is 0 Å². The summed E-state index contributed by atoms with van der Waals surface area (Å²) < 4.78 is 47.3. The number of halogens is 3. The van der Waals surface area contributed by atoms with E-state index in [4.69, 9.17) is 0 Å². The summed E-state index contributed by atoms with van der Waals surface area (Å²) in [6, 6.07) is 4.74. The Balaban J connectivity index is 0.00000242. The molecule has 0 saturated carbocycles. The molecule has 1 saturated heterocycles. The molecule has 5 nitrogen and oxygen atoms in total. The van der Waals surface area contributed by atoms with Crippen LogP contribution in [0.1, 0.15) is 23.2 Å². The van der Waals surface area contributed by atoms with E-state index >= 15 is 0 Å². The lowest BCUT2D eigenvalue weighted by atomic mass is 10.2. The second-order valence-electron chi connectivity index (χ2n) is 4.83. The van der Waals surface area contributed by atoms with Crippen molar-refractivity contribution in [1.29, 1.82) is 0 Å². The molecular weight excluding hydrogens is 338 g/mol. The van der Waals surface area contributed by atoms with Gasteiger partial charge in [-0.2, -0.15) is 8.78 Å². The lowest BCUT2D eigenvalue weighted by Crippen LogP contribution is -2.37. The SMILES string of the molecule is Cl.O=C(NCC1CCCN1)c1ccc(S(=O)(=O)C(F)F)cc1. The fourth-order valence-electron chi connectivity index (χ4n) is 2.15. The highest BCUT2D eigenvalue weighted by atomic mass is 35.5. The lowest BCUT2D eigenvalue weighted by molar-refractivity contribution is 0.0950. The molecular formula is C13H17ClF2N2O3S. The van der Waals surface area contributed by atoms with Gasteiger partial charge in [0, 0.05) is 18.2 Å². The van der Waals surface area contributed by atoms with Gasteiger partial charge in [0.1, 0.15) is 0 Å². The van der Waals surface area contributed by atoms with Crippen molar-refractivity contribution in [3.8, 4) is 0 Å². The Morgan fingerprint density at radius 1 is 1.32 bits per heavy atom. The minimum Gasteiger partial charge on any atom is -0.350 e. The summed E-state index contributed by atoms with van der Waals surface area (Å²) in [7, 11) is -4.62. The molecule has 1 amide bonds. The molecule has 2 N–H and O–H groups in total. The van der Waals surface area contributed by atoms with Crippen molar-refractivity contribution in [2.75, 3.05) is 13.1 Å². The molecule has 1 aliphatic heterocycles. The summed E-state index contributed by atoms with van der Waals surface area (Å²) >= 11 is 0. The van der Waals surface area contributed by atoms with Crippen LogP contribution < -0.4 is 10.6 Å². The van der Waals surface area contributed by atoms with Gasteiger partial charge in [0.25, 0.3) is 5.91 Å². The monoisotopic (exact) mass is 354 g/mol. The quantitative estimate of drug-likeness (QED) is 0.842. The summed E-state index contributed by atoms with van der Waals surface area (Å²) in [5, 5.41) is 5.95. The average molecular weight is 355 g/mol. The zero-order valence-electron chi connectivity index (χ0n) is 11.6. The van der Waals surface area contributed by atoms with Gasteiger partial charge in [0.05, 0.1) is 4.90 Å². The third kappa shape index (κ3) is 4.37. The maximum atomic E-state index is 12.4. The van der Waals surface area contributed by atoms with E-state index in [0.717, 1.165) is 31.5 Å². The van der Waals surface area contributed by atoms with Crippen molar-refractivity contribution in [3.63, 3.8) is 0 Å². The molecule has 1 fully saturated rings. The Labute approximate surface area is 133 Å². The first-order valence-corrected chi connectivity index (χ1v) is 8.09. The summed E-state index contributed by atoms with van der Waals surface area (Å²) in [5.74, 6) is -3.82. The summed E-state index contributed by atoms with van der Waals surface area (Å²) in [5.41, 5.74) is 0.237. The first-order valence-electron chi connectivity index (χ1n) is 6.55. The average Bonchev–Trinajstić information content (AvgIpc) is 2.98. The van der Waals surface area contributed by atoms with Crippen LogP contribution in [0.3, 0.4) is 0 Å². The number of hydrogen-bond acceptors (Lipinski definition) is 4. The molecule has 124 valence electrons. The van der Waals surface area contributed by atoms with E-state index in [9.17, 15) is 22.0 Å². The number of hydrogen-bond donors (Lipinski definition) is 2. The van der Waals surface area contributed by atoms with Crippen molar-refractivity contribution < 1.29 is 22.0 Å². The van der Waals surface area contributed by atoms with Gasteiger partial charge in [-0.1, -0.05) is 0 Å². The largest absolute Gasteiger partial charge is 0.350 e. The minimum absolute atomic E-state index is 0. The zero-order valence-corrected chi connectivity index (χ0v) is 13.2. The third-order valence-electron chi connectivity index (χ3n) is 3.35. The zero-order chi connectivity index (χ0) is 15.5. The van der Waals surface area contributed by atoms with Crippen LogP contribution in [0.5, 0.6) is 0 Å². The van der Waals surface area contributed by atoms with Crippen LogP contribution >= 0.6 is 12.4 Å². The van der Waals surface area contributed by atoms with E-state index in [0.29, 0.717) is 6.54 Å². The molecule has 9 heteroatoms. The summed E-state index contributed by atoms with van der Waals surface area (Å²) in [6.07, 6.45) is 2.06. The van der Waals surface area contributed by atoms with E-state index in [1.165, 1.54) is 12.1 Å². The van der Waals surface area contributed by atoms with Crippen LogP contribution in [0.4, 0.5) is 8.78 Å². The molecule has 1 aliphatic rings. The van der Waals surface area contributed by atoms with Crippen LogP contribution in [0.15, 0.2) is 29.2 Å². The molecule has 0 bridgehead atoms. The fraction of sp³-hybridized carbons (Fsp3) is 0.462. The highest BCUT2D eigenvalue weighted by Gasteiger charge is 2.26. The maximum Gasteiger partial charge on any atom is 0.341 e. The number of sulfone groups is 1. The number of rotatable bonds is 5. The van der Waals surface area contributed by atoms with E-state index in [1.54, 1.807) is 0 Å². The van der Waals surface area contributed by atoms with Gasteiger partial charge in [-0.25, -0.2) is 8.42 Å². The highest BCUT2D eigenvalue weighted by Crippen LogP contribution is 2.18. The van der Waals surface area contributed by atoms with E-state index in [2.05, 4.69) is 10.6 Å². The maximum absolute atomic E-state index is 12.4. The lowest BCUT2D eigenvalue weighted by Gasteiger charge is -2.11. The molecule has 1 unspecified atom stereocenters. The molecule has 2 rings (SSSR count). The van der Waals surface area contributed by atoms with Crippen LogP contribution in [0.2, 0.25) is 0 Å². The molecule has 1 aromatic rings. The summed E-state index contributed by atoms with van der Waals surface area (Å²) in [6.45, 7) is 1.41.